The van der Waals surface area contributed by atoms with Gasteiger partial charge in [0.05, 0.1) is 33.0 Å². The van der Waals surface area contributed by atoms with Gasteiger partial charge in [0.25, 0.3) is 0 Å². The van der Waals surface area contributed by atoms with Crippen LogP contribution in [0.5, 0.6) is 0 Å². The second-order valence-corrected chi connectivity index (χ2v) is 16.4. The van der Waals surface area contributed by atoms with Crippen LogP contribution in [0.25, 0.3) is 0 Å². The first-order chi connectivity index (χ1) is 28.6. The highest BCUT2D eigenvalue weighted by Gasteiger charge is 2.17. The topological polar surface area (TPSA) is 136 Å². The molecule has 0 fully saturated rings. The molecule has 0 aromatic carbocycles. The molecule has 0 aromatic rings. The fourth-order valence-electron chi connectivity index (χ4n) is 6.95. The summed E-state index contributed by atoms with van der Waals surface area (Å²) in [7, 11) is 3.93. The molecule has 12 heteroatoms. The van der Waals surface area contributed by atoms with E-state index in [0.717, 1.165) is 19.4 Å². The Morgan fingerprint density at radius 3 is 1.29 bits per heavy atom. The molecule has 0 bridgehead atoms. The molecule has 1 unspecified atom stereocenters. The molecule has 0 saturated heterocycles. The number of esters is 4. The molecular weight excluding hydrogens is 755 g/mol. The molecule has 0 heterocycles. The summed E-state index contributed by atoms with van der Waals surface area (Å²) in [5.74, 6) is -0.446. The van der Waals surface area contributed by atoms with Crippen molar-refractivity contribution in [2.24, 2.45) is 11.8 Å². The molecule has 0 spiro atoms. The van der Waals surface area contributed by atoms with E-state index in [-0.39, 0.29) is 51.1 Å². The maximum Gasteiger partial charge on any atom is 0.332 e. The zero-order valence-corrected chi connectivity index (χ0v) is 38.7. The highest BCUT2D eigenvalue weighted by Crippen LogP contribution is 2.22. The largest absolute Gasteiger partial charge is 0.464 e. The summed E-state index contributed by atoms with van der Waals surface area (Å²) in [6, 6.07) is 0. The lowest BCUT2D eigenvalue weighted by Gasteiger charge is -2.18. The number of hydrogen-bond acceptors (Lipinski definition) is 12. The third-order valence-electron chi connectivity index (χ3n) is 10.5. The van der Waals surface area contributed by atoms with Gasteiger partial charge in [0, 0.05) is 13.0 Å². The van der Waals surface area contributed by atoms with Crippen LogP contribution in [0.1, 0.15) is 182 Å². The Hall–Kier alpha value is -2.28. The van der Waals surface area contributed by atoms with Gasteiger partial charge in [0.15, 0.2) is 0 Å². The summed E-state index contributed by atoms with van der Waals surface area (Å²) in [4.78, 5) is 51.2. The number of hydrogen-bond donors (Lipinski definition) is 0. The van der Waals surface area contributed by atoms with Crippen LogP contribution in [-0.4, -0.2) is 115 Å². The molecule has 12 nitrogen and oxygen atoms in total. The van der Waals surface area contributed by atoms with E-state index in [1.165, 1.54) is 103 Å². The fraction of sp³-hybridized carbons (Fsp3) is 0.915. The van der Waals surface area contributed by atoms with Crippen molar-refractivity contribution >= 4 is 23.9 Å². The predicted molar refractivity (Wildman–Crippen MR) is 234 cm³/mol. The zero-order valence-electron chi connectivity index (χ0n) is 38.7. The van der Waals surface area contributed by atoms with Crippen LogP contribution in [0, 0.1) is 11.8 Å². The van der Waals surface area contributed by atoms with Crippen LogP contribution >= 0.6 is 0 Å². The Morgan fingerprint density at radius 2 is 0.831 bits per heavy atom. The van der Waals surface area contributed by atoms with Crippen LogP contribution in [0.2, 0.25) is 0 Å². The molecule has 59 heavy (non-hydrogen) atoms. The van der Waals surface area contributed by atoms with E-state index in [9.17, 15) is 19.2 Å². The molecule has 0 aliphatic rings. The minimum absolute atomic E-state index is 0.0895. The van der Waals surface area contributed by atoms with Crippen LogP contribution < -0.4 is 0 Å². The van der Waals surface area contributed by atoms with Gasteiger partial charge >= 0.3 is 23.9 Å². The fourth-order valence-corrected chi connectivity index (χ4v) is 6.95. The minimum atomic E-state index is -0.560. The number of ether oxygens (including phenoxy) is 7. The van der Waals surface area contributed by atoms with Crippen molar-refractivity contribution in [1.82, 2.24) is 4.90 Å². The van der Waals surface area contributed by atoms with Crippen molar-refractivity contribution in [1.29, 1.82) is 0 Å². The first-order valence-corrected chi connectivity index (χ1v) is 23.7. The zero-order chi connectivity index (χ0) is 43.6. The highest BCUT2D eigenvalue weighted by molar-refractivity contribution is 5.73. The first-order valence-electron chi connectivity index (χ1n) is 23.7. The molecule has 0 radical (unpaired) electrons. The van der Waals surface area contributed by atoms with Crippen molar-refractivity contribution in [3.63, 3.8) is 0 Å². The van der Waals surface area contributed by atoms with E-state index in [1.807, 2.05) is 19.0 Å². The second kappa shape index (κ2) is 42.4. The summed E-state index contributed by atoms with van der Waals surface area (Å²) in [5.41, 5.74) is 0. The quantitative estimate of drug-likeness (QED) is 0.0328. The Balaban J connectivity index is 4.39. The molecule has 348 valence electrons. The number of carbonyl (C=O) groups is 4. The Morgan fingerprint density at radius 1 is 0.407 bits per heavy atom. The van der Waals surface area contributed by atoms with E-state index in [1.54, 1.807) is 0 Å². The Kier molecular flexibility index (Phi) is 40.8. The highest BCUT2D eigenvalue weighted by atomic mass is 16.6. The van der Waals surface area contributed by atoms with Crippen LogP contribution in [0.3, 0.4) is 0 Å². The monoisotopic (exact) mass is 844 g/mol. The van der Waals surface area contributed by atoms with Gasteiger partial charge in [-0.05, 0) is 77.4 Å². The van der Waals surface area contributed by atoms with Gasteiger partial charge in [0.2, 0.25) is 0 Å². The molecule has 0 N–H and O–H groups in total. The molecule has 0 rings (SSSR count). The molecular formula is C47H89NO11. The first kappa shape index (κ1) is 56.7. The van der Waals surface area contributed by atoms with Crippen LogP contribution in [0.15, 0.2) is 0 Å². The molecule has 0 aromatic heterocycles. The van der Waals surface area contributed by atoms with Crippen molar-refractivity contribution in [3.05, 3.63) is 0 Å². The SMILES string of the molecule is CCCCCC(CCCCC)CCOC(=O)COCCOCCCC(CCCOC(=O)COCC(=O)OCCC(CCCCC)CCCCC)OC(=O)CCCN(C)C. The van der Waals surface area contributed by atoms with Crippen molar-refractivity contribution in [2.45, 2.75) is 188 Å². The summed E-state index contributed by atoms with van der Waals surface area (Å²) in [6.45, 7) is 11.0. The summed E-state index contributed by atoms with van der Waals surface area (Å²) in [5, 5.41) is 0. The summed E-state index contributed by atoms with van der Waals surface area (Å²) < 4.78 is 38.4. The van der Waals surface area contributed by atoms with E-state index < -0.39 is 11.9 Å². The normalized spacial score (nSPS) is 12.0. The van der Waals surface area contributed by atoms with E-state index >= 15 is 0 Å². The maximum absolute atomic E-state index is 12.6. The van der Waals surface area contributed by atoms with Gasteiger partial charge in [-0.25, -0.2) is 14.4 Å². The van der Waals surface area contributed by atoms with E-state index in [2.05, 4.69) is 27.7 Å². The molecule has 0 saturated carbocycles. The Bertz CT molecular complexity index is 975. The van der Waals surface area contributed by atoms with Gasteiger partial charge in [-0.15, -0.1) is 0 Å². The van der Waals surface area contributed by atoms with Crippen molar-refractivity contribution in [3.8, 4) is 0 Å². The predicted octanol–water partition coefficient (Wildman–Crippen LogP) is 9.81. The average molecular weight is 844 g/mol. The number of unbranched alkanes of at least 4 members (excludes halogenated alkanes) is 8. The van der Waals surface area contributed by atoms with E-state index in [0.29, 0.717) is 76.8 Å². The van der Waals surface area contributed by atoms with Gasteiger partial charge in [-0.1, -0.05) is 130 Å². The maximum atomic E-state index is 12.6. The Labute approximate surface area is 360 Å². The molecule has 0 amide bonds. The lowest BCUT2D eigenvalue weighted by atomic mass is 9.92. The van der Waals surface area contributed by atoms with Crippen LogP contribution in [-0.2, 0) is 52.3 Å². The van der Waals surface area contributed by atoms with E-state index in [4.69, 9.17) is 33.2 Å². The number of rotatable bonds is 44. The molecule has 0 aliphatic heterocycles. The van der Waals surface area contributed by atoms with Gasteiger partial charge in [-0.2, -0.15) is 0 Å². The third kappa shape index (κ3) is 39.6. The van der Waals surface area contributed by atoms with Crippen LogP contribution in [0.4, 0.5) is 0 Å². The lowest BCUT2D eigenvalue weighted by Crippen LogP contribution is -2.22. The molecule has 0 aliphatic carbocycles. The smallest absolute Gasteiger partial charge is 0.332 e. The average Bonchev–Trinajstić information content (AvgIpc) is 3.20. The van der Waals surface area contributed by atoms with Crippen molar-refractivity contribution < 1.29 is 52.3 Å². The lowest BCUT2D eigenvalue weighted by molar-refractivity contribution is -0.157. The number of carbonyl (C=O) groups excluding carboxylic acids is 4. The summed E-state index contributed by atoms with van der Waals surface area (Å²) in [6.07, 6.45) is 24.2. The minimum Gasteiger partial charge on any atom is -0.464 e. The molecule has 1 atom stereocenters. The second-order valence-electron chi connectivity index (χ2n) is 16.4. The standard InChI is InChI=1S/C47H89NO11/c1-7-11-15-22-41(23-16-12-8-2)29-34-57-45(50)38-54-37-36-53-32-20-26-43(59-44(49)28-19-31-48(5)6)27-21-33-56-46(51)39-55-40-47(52)58-35-30-42(24-17-13-9-3)25-18-14-10-4/h41-43H,7-40H2,1-6H3. The van der Waals surface area contributed by atoms with Gasteiger partial charge in [0.1, 0.15) is 25.9 Å². The third-order valence-corrected chi connectivity index (χ3v) is 10.5. The van der Waals surface area contributed by atoms with Gasteiger partial charge < -0.3 is 38.1 Å². The van der Waals surface area contributed by atoms with Gasteiger partial charge in [-0.3, -0.25) is 4.79 Å². The number of nitrogens with zero attached hydrogens (tertiary/aromatic N) is 1. The van der Waals surface area contributed by atoms with Crippen molar-refractivity contribution in [2.75, 3.05) is 80.1 Å². The summed E-state index contributed by atoms with van der Waals surface area (Å²) >= 11 is 0.